The van der Waals surface area contributed by atoms with Gasteiger partial charge in [-0.1, -0.05) is 35.5 Å². The molecule has 1 unspecified atom stereocenters. The highest BCUT2D eigenvalue weighted by molar-refractivity contribution is 5.94. The summed E-state index contributed by atoms with van der Waals surface area (Å²) in [5.74, 6) is 1.80. The van der Waals surface area contributed by atoms with Crippen LogP contribution in [0.25, 0.3) is 0 Å². The molecule has 6 heteroatoms. The number of benzene rings is 2. The van der Waals surface area contributed by atoms with E-state index in [4.69, 9.17) is 14.0 Å². The molecule has 1 N–H and O–H groups in total. The minimum Gasteiger partial charge on any atom is -0.497 e. The second kappa shape index (κ2) is 8.61. The van der Waals surface area contributed by atoms with Crippen molar-refractivity contribution in [2.45, 2.75) is 33.4 Å². The Morgan fingerprint density at radius 3 is 2.54 bits per heavy atom. The molecule has 1 aromatic heterocycles. The van der Waals surface area contributed by atoms with E-state index in [0.717, 1.165) is 22.6 Å². The molecule has 0 spiro atoms. The molecule has 0 aliphatic heterocycles. The number of methoxy groups -OCH3 is 1. The lowest BCUT2D eigenvalue weighted by Crippen LogP contribution is -2.28. The van der Waals surface area contributed by atoms with Crippen LogP contribution in [-0.2, 0) is 6.61 Å². The maximum absolute atomic E-state index is 12.8. The highest BCUT2D eigenvalue weighted by Crippen LogP contribution is 2.22. The summed E-state index contributed by atoms with van der Waals surface area (Å²) in [6, 6.07) is 15.1. The molecule has 28 heavy (non-hydrogen) atoms. The molecular formula is C22H24N2O4. The summed E-state index contributed by atoms with van der Waals surface area (Å²) in [5.41, 5.74) is 2.87. The van der Waals surface area contributed by atoms with Gasteiger partial charge in [0.05, 0.1) is 18.7 Å². The zero-order chi connectivity index (χ0) is 20.1. The third-order valence-electron chi connectivity index (χ3n) is 4.63. The first-order valence-corrected chi connectivity index (χ1v) is 9.08. The van der Waals surface area contributed by atoms with Gasteiger partial charge in [-0.3, -0.25) is 4.79 Å². The fourth-order valence-electron chi connectivity index (χ4n) is 2.85. The minimum atomic E-state index is -0.302. The van der Waals surface area contributed by atoms with Gasteiger partial charge in [0.1, 0.15) is 23.9 Å². The van der Waals surface area contributed by atoms with Gasteiger partial charge in [-0.2, -0.15) is 0 Å². The molecule has 0 fully saturated rings. The number of hydrogen-bond donors (Lipinski definition) is 1. The van der Waals surface area contributed by atoms with Gasteiger partial charge < -0.3 is 19.3 Å². The van der Waals surface area contributed by atoms with Crippen molar-refractivity contribution < 1.29 is 18.8 Å². The van der Waals surface area contributed by atoms with Crippen molar-refractivity contribution in [2.75, 3.05) is 7.11 Å². The average Bonchev–Trinajstić information content (AvgIpc) is 3.08. The van der Waals surface area contributed by atoms with Crippen LogP contribution in [0.2, 0.25) is 0 Å². The van der Waals surface area contributed by atoms with Gasteiger partial charge >= 0.3 is 0 Å². The number of carbonyl (C=O) groups excluding carboxylic acids is 1. The standard InChI is InChI=1S/C22H24N2O4/c1-14-7-5-6-8-20(14)27-13-19-16(3)28-24-21(19)22(25)23-15(2)17-9-11-18(26-4)12-10-17/h5-12,15H,13H2,1-4H3,(H,23,25). The van der Waals surface area contributed by atoms with Crippen LogP contribution in [0.15, 0.2) is 53.1 Å². The fourth-order valence-corrected chi connectivity index (χ4v) is 2.85. The highest BCUT2D eigenvalue weighted by atomic mass is 16.5. The quantitative estimate of drug-likeness (QED) is 0.659. The predicted octanol–water partition coefficient (Wildman–Crippen LogP) is 4.37. The molecular weight excluding hydrogens is 356 g/mol. The van der Waals surface area contributed by atoms with Gasteiger partial charge in [0.2, 0.25) is 0 Å². The topological polar surface area (TPSA) is 73.6 Å². The normalized spacial score (nSPS) is 11.7. The maximum atomic E-state index is 12.8. The van der Waals surface area contributed by atoms with Gasteiger partial charge in [-0.25, -0.2) is 0 Å². The van der Waals surface area contributed by atoms with Gasteiger partial charge in [-0.15, -0.1) is 0 Å². The number of para-hydroxylation sites is 1. The van der Waals surface area contributed by atoms with Crippen molar-refractivity contribution in [3.63, 3.8) is 0 Å². The van der Waals surface area contributed by atoms with Gasteiger partial charge in [0.15, 0.2) is 5.69 Å². The first kappa shape index (κ1) is 19.5. The lowest BCUT2D eigenvalue weighted by atomic mass is 10.1. The smallest absolute Gasteiger partial charge is 0.274 e. The number of amides is 1. The predicted molar refractivity (Wildman–Crippen MR) is 106 cm³/mol. The zero-order valence-electron chi connectivity index (χ0n) is 16.5. The van der Waals surface area contributed by atoms with E-state index in [1.165, 1.54) is 0 Å². The molecule has 1 amide bonds. The Morgan fingerprint density at radius 2 is 1.86 bits per heavy atom. The third-order valence-corrected chi connectivity index (χ3v) is 4.63. The van der Waals surface area contributed by atoms with Crippen molar-refractivity contribution in [1.29, 1.82) is 0 Å². The second-order valence-corrected chi connectivity index (χ2v) is 6.59. The molecule has 146 valence electrons. The van der Waals surface area contributed by atoms with E-state index in [0.29, 0.717) is 11.3 Å². The van der Waals surface area contributed by atoms with Crippen molar-refractivity contribution >= 4 is 5.91 Å². The maximum Gasteiger partial charge on any atom is 0.274 e. The number of nitrogens with zero attached hydrogens (tertiary/aromatic N) is 1. The molecule has 1 atom stereocenters. The molecule has 3 aromatic rings. The number of aryl methyl sites for hydroxylation is 2. The zero-order valence-corrected chi connectivity index (χ0v) is 16.5. The van der Waals surface area contributed by atoms with Crippen LogP contribution in [0.3, 0.4) is 0 Å². The van der Waals surface area contributed by atoms with Crippen LogP contribution < -0.4 is 14.8 Å². The molecule has 0 saturated heterocycles. The van der Waals surface area contributed by atoms with E-state index in [1.54, 1.807) is 14.0 Å². The van der Waals surface area contributed by atoms with Gasteiger partial charge in [0.25, 0.3) is 5.91 Å². The molecule has 6 nitrogen and oxygen atoms in total. The summed E-state index contributed by atoms with van der Waals surface area (Å²) in [6.07, 6.45) is 0. The first-order chi connectivity index (χ1) is 13.5. The Bertz CT molecular complexity index is 947. The van der Waals surface area contributed by atoms with Crippen LogP contribution in [0.5, 0.6) is 11.5 Å². The summed E-state index contributed by atoms with van der Waals surface area (Å²) in [5, 5.41) is 6.89. The van der Waals surface area contributed by atoms with Crippen LogP contribution in [0.1, 0.15) is 45.9 Å². The Kier molecular flexibility index (Phi) is 5.99. The summed E-state index contributed by atoms with van der Waals surface area (Å²) in [6.45, 7) is 5.86. The van der Waals surface area contributed by atoms with Crippen LogP contribution in [0, 0.1) is 13.8 Å². The SMILES string of the molecule is COc1ccc(C(C)NC(=O)c2noc(C)c2COc2ccccc2C)cc1. The average molecular weight is 380 g/mol. The van der Waals surface area contributed by atoms with E-state index >= 15 is 0 Å². The highest BCUT2D eigenvalue weighted by Gasteiger charge is 2.22. The Hall–Kier alpha value is -3.28. The molecule has 0 bridgehead atoms. The molecule has 0 saturated carbocycles. The molecule has 0 aliphatic rings. The van der Waals surface area contributed by atoms with Crippen molar-refractivity contribution in [1.82, 2.24) is 10.5 Å². The lowest BCUT2D eigenvalue weighted by molar-refractivity contribution is 0.0928. The minimum absolute atomic E-state index is 0.194. The molecule has 0 aliphatic carbocycles. The molecule has 3 rings (SSSR count). The molecule has 1 heterocycles. The molecule has 0 radical (unpaired) electrons. The van der Waals surface area contributed by atoms with Crippen molar-refractivity contribution in [2.24, 2.45) is 0 Å². The number of carbonyl (C=O) groups is 1. The number of hydrogen-bond acceptors (Lipinski definition) is 5. The van der Waals surface area contributed by atoms with E-state index < -0.39 is 0 Å². The van der Waals surface area contributed by atoms with Crippen LogP contribution in [-0.4, -0.2) is 18.2 Å². The summed E-state index contributed by atoms with van der Waals surface area (Å²) >= 11 is 0. The fraction of sp³-hybridized carbons (Fsp3) is 0.273. The third kappa shape index (κ3) is 4.34. The van der Waals surface area contributed by atoms with Crippen molar-refractivity contribution in [3.05, 3.63) is 76.7 Å². The van der Waals surface area contributed by atoms with E-state index in [2.05, 4.69) is 10.5 Å². The Balaban J connectivity index is 1.70. The lowest BCUT2D eigenvalue weighted by Gasteiger charge is -2.14. The molecule has 2 aromatic carbocycles. The van der Waals surface area contributed by atoms with Crippen LogP contribution >= 0.6 is 0 Å². The Morgan fingerprint density at radius 1 is 1.14 bits per heavy atom. The monoisotopic (exact) mass is 380 g/mol. The summed E-state index contributed by atoms with van der Waals surface area (Å²) in [7, 11) is 1.62. The van der Waals surface area contributed by atoms with Crippen molar-refractivity contribution in [3.8, 4) is 11.5 Å². The number of aromatic nitrogens is 1. The van der Waals surface area contributed by atoms with E-state index in [1.807, 2.05) is 62.4 Å². The number of nitrogens with one attached hydrogen (secondary N) is 1. The van der Waals surface area contributed by atoms with Gasteiger partial charge in [0, 0.05) is 0 Å². The van der Waals surface area contributed by atoms with E-state index in [9.17, 15) is 4.79 Å². The van der Waals surface area contributed by atoms with Gasteiger partial charge in [-0.05, 0) is 50.1 Å². The largest absolute Gasteiger partial charge is 0.497 e. The summed E-state index contributed by atoms with van der Waals surface area (Å²) in [4.78, 5) is 12.8. The first-order valence-electron chi connectivity index (χ1n) is 9.08. The van der Waals surface area contributed by atoms with Crippen LogP contribution in [0.4, 0.5) is 0 Å². The summed E-state index contributed by atoms with van der Waals surface area (Å²) < 4.78 is 16.3. The number of rotatable bonds is 7. The second-order valence-electron chi connectivity index (χ2n) is 6.59. The number of ether oxygens (including phenoxy) is 2. The Labute approximate surface area is 164 Å². The van der Waals surface area contributed by atoms with E-state index in [-0.39, 0.29) is 24.2 Å².